The van der Waals surface area contributed by atoms with Gasteiger partial charge in [-0.1, -0.05) is 20.8 Å². The average Bonchev–Trinajstić information content (AvgIpc) is 2.26. The predicted molar refractivity (Wildman–Crippen MR) is 66.1 cm³/mol. The third-order valence-corrected chi connectivity index (χ3v) is 3.03. The maximum absolute atomic E-state index is 6.01. The lowest BCUT2D eigenvalue weighted by molar-refractivity contribution is 0.110. The molecule has 0 amide bonds. The van der Waals surface area contributed by atoms with Crippen LogP contribution in [0.5, 0.6) is 0 Å². The fourth-order valence-corrected chi connectivity index (χ4v) is 1.87. The van der Waals surface area contributed by atoms with Crippen LogP contribution in [0.15, 0.2) is 0 Å². The molecule has 1 atom stereocenters. The summed E-state index contributed by atoms with van der Waals surface area (Å²) in [5.41, 5.74) is 6.01. The fourth-order valence-electron chi connectivity index (χ4n) is 1.87. The van der Waals surface area contributed by atoms with E-state index in [4.69, 9.17) is 10.5 Å². The predicted octanol–water partition coefficient (Wildman–Crippen LogP) is 1.86. The van der Waals surface area contributed by atoms with Crippen molar-refractivity contribution in [2.24, 2.45) is 5.73 Å². The topological polar surface area (TPSA) is 38.5 Å². The van der Waals surface area contributed by atoms with E-state index in [1.54, 1.807) is 7.11 Å². The lowest BCUT2D eigenvalue weighted by atomic mass is 10.1. The largest absolute Gasteiger partial charge is 0.383 e. The van der Waals surface area contributed by atoms with Crippen LogP contribution in [0.25, 0.3) is 0 Å². The Kier molecular flexibility index (Phi) is 9.06. The number of hydrogen-bond acceptors (Lipinski definition) is 3. The maximum atomic E-state index is 6.01. The normalized spacial score (nSPS) is 13.8. The molecule has 0 aliphatic rings. The van der Waals surface area contributed by atoms with Crippen molar-refractivity contribution in [1.82, 2.24) is 4.90 Å². The van der Waals surface area contributed by atoms with E-state index in [-0.39, 0.29) is 0 Å². The van der Waals surface area contributed by atoms with E-state index >= 15 is 0 Å². The molecule has 0 radical (unpaired) electrons. The van der Waals surface area contributed by atoms with Crippen molar-refractivity contribution in [1.29, 1.82) is 0 Å². The molecule has 3 nitrogen and oxygen atoms in total. The first-order chi connectivity index (χ1) is 7.19. The van der Waals surface area contributed by atoms with Crippen LogP contribution in [0, 0.1) is 0 Å². The first-order valence-electron chi connectivity index (χ1n) is 6.18. The number of hydrogen-bond donors (Lipinski definition) is 1. The highest BCUT2D eigenvalue weighted by Gasteiger charge is 2.16. The lowest BCUT2D eigenvalue weighted by Gasteiger charge is -2.32. The van der Waals surface area contributed by atoms with Crippen LogP contribution in [0.4, 0.5) is 0 Å². The number of ether oxygens (including phenoxy) is 1. The Hall–Kier alpha value is -0.120. The molecule has 0 spiro atoms. The molecule has 0 aliphatic heterocycles. The molecule has 0 aromatic heterocycles. The van der Waals surface area contributed by atoms with E-state index in [0.717, 1.165) is 26.1 Å². The summed E-state index contributed by atoms with van der Waals surface area (Å²) in [6.07, 6.45) is 3.43. The van der Waals surface area contributed by atoms with E-state index in [1.165, 1.54) is 12.8 Å². The van der Waals surface area contributed by atoms with Crippen LogP contribution in [0.1, 0.15) is 40.0 Å². The van der Waals surface area contributed by atoms with Crippen molar-refractivity contribution in [3.8, 4) is 0 Å². The second-order valence-corrected chi connectivity index (χ2v) is 4.13. The molecule has 0 aromatic carbocycles. The molecule has 0 fully saturated rings. The van der Waals surface area contributed by atoms with Gasteiger partial charge in [-0.3, -0.25) is 4.90 Å². The molecule has 0 heterocycles. The Morgan fingerprint density at radius 1 is 1.13 bits per heavy atom. The Labute approximate surface area is 95.0 Å². The lowest BCUT2D eigenvalue weighted by Crippen LogP contribution is -2.44. The van der Waals surface area contributed by atoms with Gasteiger partial charge in [0.15, 0.2) is 0 Å². The van der Waals surface area contributed by atoms with Crippen molar-refractivity contribution in [2.45, 2.75) is 52.1 Å². The molecular weight excluding hydrogens is 188 g/mol. The Morgan fingerprint density at radius 2 is 1.73 bits per heavy atom. The van der Waals surface area contributed by atoms with E-state index in [1.807, 2.05) is 0 Å². The van der Waals surface area contributed by atoms with Gasteiger partial charge in [0.05, 0.1) is 6.61 Å². The SMILES string of the molecule is CCC(N)CN(CCOC)C(CC)CC. The van der Waals surface area contributed by atoms with Gasteiger partial charge in [-0.2, -0.15) is 0 Å². The molecule has 1 unspecified atom stereocenters. The zero-order chi connectivity index (χ0) is 11.7. The minimum absolute atomic E-state index is 0.294. The van der Waals surface area contributed by atoms with Gasteiger partial charge < -0.3 is 10.5 Å². The quantitative estimate of drug-likeness (QED) is 0.639. The zero-order valence-corrected chi connectivity index (χ0v) is 10.8. The summed E-state index contributed by atoms with van der Waals surface area (Å²) in [4.78, 5) is 2.47. The Bertz CT molecular complexity index is 138. The molecule has 0 aliphatic carbocycles. The highest BCUT2D eigenvalue weighted by Crippen LogP contribution is 2.09. The summed E-state index contributed by atoms with van der Waals surface area (Å²) in [7, 11) is 1.75. The Morgan fingerprint density at radius 3 is 2.13 bits per heavy atom. The van der Waals surface area contributed by atoms with Crippen molar-refractivity contribution in [2.75, 3.05) is 26.8 Å². The standard InChI is InChI=1S/C12H28N2O/c1-5-11(13)10-14(8-9-15-4)12(6-2)7-3/h11-12H,5-10,13H2,1-4H3. The first kappa shape index (κ1) is 14.9. The highest BCUT2D eigenvalue weighted by molar-refractivity contribution is 4.73. The Balaban J connectivity index is 4.14. The first-order valence-corrected chi connectivity index (χ1v) is 6.18. The number of methoxy groups -OCH3 is 1. The van der Waals surface area contributed by atoms with Crippen LogP contribution >= 0.6 is 0 Å². The number of rotatable bonds is 9. The molecule has 0 bridgehead atoms. The van der Waals surface area contributed by atoms with E-state index in [0.29, 0.717) is 12.1 Å². The van der Waals surface area contributed by atoms with E-state index < -0.39 is 0 Å². The van der Waals surface area contributed by atoms with Crippen molar-refractivity contribution < 1.29 is 4.74 Å². The molecule has 3 heteroatoms. The third-order valence-electron chi connectivity index (χ3n) is 3.03. The third kappa shape index (κ3) is 6.13. The molecule has 2 N–H and O–H groups in total. The van der Waals surface area contributed by atoms with Crippen LogP contribution in [-0.2, 0) is 4.74 Å². The smallest absolute Gasteiger partial charge is 0.0589 e. The average molecular weight is 216 g/mol. The summed E-state index contributed by atoms with van der Waals surface area (Å²) in [5.74, 6) is 0. The fraction of sp³-hybridized carbons (Fsp3) is 1.00. The minimum Gasteiger partial charge on any atom is -0.383 e. The van der Waals surface area contributed by atoms with Gasteiger partial charge in [0.2, 0.25) is 0 Å². The van der Waals surface area contributed by atoms with Gasteiger partial charge in [0.1, 0.15) is 0 Å². The molecule has 0 rings (SSSR count). The van der Waals surface area contributed by atoms with Crippen molar-refractivity contribution in [3.05, 3.63) is 0 Å². The minimum atomic E-state index is 0.294. The van der Waals surface area contributed by atoms with Gasteiger partial charge in [0.25, 0.3) is 0 Å². The monoisotopic (exact) mass is 216 g/mol. The maximum Gasteiger partial charge on any atom is 0.0589 e. The molecule has 0 aromatic rings. The van der Waals surface area contributed by atoms with Crippen LogP contribution < -0.4 is 5.73 Å². The van der Waals surface area contributed by atoms with Crippen LogP contribution in [0.3, 0.4) is 0 Å². The molecule has 0 saturated heterocycles. The molecule has 15 heavy (non-hydrogen) atoms. The number of nitrogens with two attached hydrogens (primary N) is 1. The van der Waals surface area contributed by atoms with Gasteiger partial charge in [0, 0.05) is 32.3 Å². The second kappa shape index (κ2) is 9.13. The van der Waals surface area contributed by atoms with Gasteiger partial charge in [-0.15, -0.1) is 0 Å². The number of nitrogens with zero attached hydrogens (tertiary/aromatic N) is 1. The van der Waals surface area contributed by atoms with E-state index in [2.05, 4.69) is 25.7 Å². The second-order valence-electron chi connectivity index (χ2n) is 4.13. The molecular formula is C12H28N2O. The van der Waals surface area contributed by atoms with Crippen LogP contribution in [-0.4, -0.2) is 43.8 Å². The van der Waals surface area contributed by atoms with Crippen LogP contribution in [0.2, 0.25) is 0 Å². The van der Waals surface area contributed by atoms with Gasteiger partial charge in [-0.25, -0.2) is 0 Å². The summed E-state index contributed by atoms with van der Waals surface area (Å²) in [6, 6.07) is 0.945. The summed E-state index contributed by atoms with van der Waals surface area (Å²) >= 11 is 0. The van der Waals surface area contributed by atoms with Gasteiger partial charge >= 0.3 is 0 Å². The zero-order valence-electron chi connectivity index (χ0n) is 10.8. The highest BCUT2D eigenvalue weighted by atomic mass is 16.5. The summed E-state index contributed by atoms with van der Waals surface area (Å²) < 4.78 is 5.14. The van der Waals surface area contributed by atoms with E-state index in [9.17, 15) is 0 Å². The van der Waals surface area contributed by atoms with Gasteiger partial charge in [-0.05, 0) is 19.3 Å². The molecule has 92 valence electrons. The summed E-state index contributed by atoms with van der Waals surface area (Å²) in [5, 5.41) is 0. The van der Waals surface area contributed by atoms with Crippen molar-refractivity contribution >= 4 is 0 Å². The summed E-state index contributed by atoms with van der Waals surface area (Å²) in [6.45, 7) is 9.42. The molecule has 0 saturated carbocycles. The van der Waals surface area contributed by atoms with Crippen molar-refractivity contribution in [3.63, 3.8) is 0 Å².